The van der Waals surface area contributed by atoms with Crippen molar-refractivity contribution < 1.29 is 9.53 Å². The summed E-state index contributed by atoms with van der Waals surface area (Å²) < 4.78 is 4.63. The molecule has 1 heterocycles. The second-order valence-electron chi connectivity index (χ2n) is 3.62. The molecular formula is C12H12N4O2S. The van der Waals surface area contributed by atoms with Gasteiger partial charge in [0.05, 0.1) is 18.4 Å². The van der Waals surface area contributed by atoms with Gasteiger partial charge in [-0.3, -0.25) is 0 Å². The number of esters is 1. The monoisotopic (exact) mass is 276 g/mol. The van der Waals surface area contributed by atoms with Crippen LogP contribution in [0, 0.1) is 0 Å². The first kappa shape index (κ1) is 13.0. The van der Waals surface area contributed by atoms with Crippen molar-refractivity contribution in [2.75, 3.05) is 7.11 Å². The molecule has 0 bridgehead atoms. The fraction of sp³-hybridized carbons (Fsp3) is 0.0833. The van der Waals surface area contributed by atoms with E-state index >= 15 is 0 Å². The summed E-state index contributed by atoms with van der Waals surface area (Å²) in [5, 5.41) is 2.33. The summed E-state index contributed by atoms with van der Waals surface area (Å²) >= 11 is 1.34. The standard InChI is InChI=1S/C12H12N4O2S/c1-18-10(17)8-4-2-7(3-5-8)9-6-19-12(15-9)16-11(13)14/h2-6H,1H3,(H4,13,14,15,16). The van der Waals surface area contributed by atoms with Crippen LogP contribution >= 0.6 is 11.3 Å². The van der Waals surface area contributed by atoms with Crippen molar-refractivity contribution in [2.24, 2.45) is 16.5 Å². The van der Waals surface area contributed by atoms with E-state index in [4.69, 9.17) is 11.5 Å². The number of guanidine groups is 1. The van der Waals surface area contributed by atoms with Gasteiger partial charge in [0.15, 0.2) is 5.96 Å². The zero-order chi connectivity index (χ0) is 13.8. The van der Waals surface area contributed by atoms with Crippen molar-refractivity contribution in [3.63, 3.8) is 0 Å². The number of methoxy groups -OCH3 is 1. The van der Waals surface area contributed by atoms with Gasteiger partial charge in [-0.05, 0) is 12.1 Å². The van der Waals surface area contributed by atoms with E-state index in [1.165, 1.54) is 18.4 Å². The van der Waals surface area contributed by atoms with Gasteiger partial charge in [0, 0.05) is 10.9 Å². The first-order chi connectivity index (χ1) is 9.10. The van der Waals surface area contributed by atoms with Crippen LogP contribution in [0.15, 0.2) is 34.6 Å². The summed E-state index contributed by atoms with van der Waals surface area (Å²) in [5.41, 5.74) is 12.7. The number of benzene rings is 1. The number of aliphatic imine (C=N–C) groups is 1. The molecule has 0 unspecified atom stereocenters. The summed E-state index contributed by atoms with van der Waals surface area (Å²) in [7, 11) is 1.35. The Morgan fingerprint density at radius 1 is 1.32 bits per heavy atom. The van der Waals surface area contributed by atoms with Crippen molar-refractivity contribution in [1.82, 2.24) is 4.98 Å². The van der Waals surface area contributed by atoms with Crippen LogP contribution in [0.25, 0.3) is 11.3 Å². The van der Waals surface area contributed by atoms with Crippen LogP contribution in [-0.2, 0) is 4.74 Å². The van der Waals surface area contributed by atoms with Gasteiger partial charge >= 0.3 is 5.97 Å². The Morgan fingerprint density at radius 3 is 2.58 bits per heavy atom. The lowest BCUT2D eigenvalue weighted by Crippen LogP contribution is -2.21. The maximum atomic E-state index is 11.3. The number of thiazole rings is 1. The zero-order valence-corrected chi connectivity index (χ0v) is 11.0. The fourth-order valence-electron chi connectivity index (χ4n) is 1.45. The predicted molar refractivity (Wildman–Crippen MR) is 74.4 cm³/mol. The van der Waals surface area contributed by atoms with E-state index in [0.29, 0.717) is 10.7 Å². The third-order valence-corrected chi connectivity index (χ3v) is 3.05. The second kappa shape index (κ2) is 5.49. The van der Waals surface area contributed by atoms with Gasteiger partial charge < -0.3 is 16.2 Å². The molecule has 19 heavy (non-hydrogen) atoms. The molecule has 4 N–H and O–H groups in total. The van der Waals surface area contributed by atoms with E-state index in [2.05, 4.69) is 14.7 Å². The molecule has 1 aromatic heterocycles. The van der Waals surface area contributed by atoms with Gasteiger partial charge in [0.25, 0.3) is 0 Å². The third kappa shape index (κ3) is 3.08. The van der Waals surface area contributed by atoms with E-state index in [0.717, 1.165) is 11.3 Å². The lowest BCUT2D eigenvalue weighted by molar-refractivity contribution is 0.0601. The van der Waals surface area contributed by atoms with Gasteiger partial charge in [-0.2, -0.15) is 4.99 Å². The van der Waals surface area contributed by atoms with Crippen molar-refractivity contribution in [2.45, 2.75) is 0 Å². The molecule has 0 amide bonds. The van der Waals surface area contributed by atoms with Crippen LogP contribution in [0.5, 0.6) is 0 Å². The SMILES string of the molecule is COC(=O)c1ccc(-c2csc(N=C(N)N)n2)cc1. The van der Waals surface area contributed by atoms with Crippen LogP contribution in [0.3, 0.4) is 0 Å². The summed E-state index contributed by atoms with van der Waals surface area (Å²) in [6.07, 6.45) is 0. The molecule has 1 aromatic carbocycles. The van der Waals surface area contributed by atoms with E-state index in [9.17, 15) is 4.79 Å². The van der Waals surface area contributed by atoms with Crippen LogP contribution in [0.1, 0.15) is 10.4 Å². The molecule has 0 aliphatic carbocycles. The van der Waals surface area contributed by atoms with Crippen molar-refractivity contribution in [1.29, 1.82) is 0 Å². The molecule has 6 nitrogen and oxygen atoms in total. The highest BCUT2D eigenvalue weighted by atomic mass is 32.1. The molecule has 0 aliphatic heterocycles. The maximum Gasteiger partial charge on any atom is 0.337 e. The molecule has 2 aromatic rings. The van der Waals surface area contributed by atoms with E-state index in [1.807, 2.05) is 5.38 Å². The number of carbonyl (C=O) groups excluding carboxylic acids is 1. The molecule has 2 rings (SSSR count). The summed E-state index contributed by atoms with van der Waals surface area (Å²) in [5.74, 6) is -0.395. The number of ether oxygens (including phenoxy) is 1. The first-order valence-corrected chi connectivity index (χ1v) is 6.22. The van der Waals surface area contributed by atoms with E-state index < -0.39 is 0 Å². The Balaban J connectivity index is 2.25. The molecule has 98 valence electrons. The van der Waals surface area contributed by atoms with Crippen LogP contribution in [0.4, 0.5) is 5.13 Å². The predicted octanol–water partition coefficient (Wildman–Crippen LogP) is 1.50. The van der Waals surface area contributed by atoms with E-state index in [1.54, 1.807) is 24.3 Å². The lowest BCUT2D eigenvalue weighted by atomic mass is 10.1. The largest absolute Gasteiger partial charge is 0.465 e. The number of hydrogen-bond acceptors (Lipinski definition) is 5. The Bertz CT molecular complexity index is 615. The Kier molecular flexibility index (Phi) is 3.76. The molecular weight excluding hydrogens is 264 g/mol. The number of nitrogens with two attached hydrogens (primary N) is 2. The number of carbonyl (C=O) groups is 1. The molecule has 0 fully saturated rings. The minimum absolute atomic E-state index is 0.0260. The normalized spacial score (nSPS) is 9.95. The summed E-state index contributed by atoms with van der Waals surface area (Å²) in [6.45, 7) is 0. The molecule has 0 radical (unpaired) electrons. The van der Waals surface area contributed by atoms with Gasteiger partial charge in [0.1, 0.15) is 0 Å². The summed E-state index contributed by atoms with van der Waals surface area (Å²) in [4.78, 5) is 19.4. The van der Waals surface area contributed by atoms with Crippen molar-refractivity contribution in [3.05, 3.63) is 35.2 Å². The molecule has 7 heteroatoms. The molecule has 0 saturated carbocycles. The number of aromatic nitrogens is 1. The van der Waals surface area contributed by atoms with Gasteiger partial charge in [-0.15, -0.1) is 11.3 Å². The Morgan fingerprint density at radius 2 is 2.00 bits per heavy atom. The smallest absolute Gasteiger partial charge is 0.337 e. The van der Waals surface area contributed by atoms with Crippen molar-refractivity contribution >= 4 is 28.4 Å². The molecule has 0 saturated heterocycles. The molecule has 0 spiro atoms. The number of hydrogen-bond donors (Lipinski definition) is 2. The van der Waals surface area contributed by atoms with E-state index in [-0.39, 0.29) is 11.9 Å². The van der Waals surface area contributed by atoms with Crippen molar-refractivity contribution in [3.8, 4) is 11.3 Å². The minimum Gasteiger partial charge on any atom is -0.465 e. The van der Waals surface area contributed by atoms with Crippen LogP contribution in [0.2, 0.25) is 0 Å². The maximum absolute atomic E-state index is 11.3. The Hall–Kier alpha value is -2.41. The quantitative estimate of drug-likeness (QED) is 0.502. The fourth-order valence-corrected chi connectivity index (χ4v) is 2.17. The Labute approximate surface area is 113 Å². The third-order valence-electron chi connectivity index (χ3n) is 2.32. The highest BCUT2D eigenvalue weighted by Crippen LogP contribution is 2.26. The average Bonchev–Trinajstić information content (AvgIpc) is 2.85. The molecule has 0 aliphatic rings. The number of rotatable bonds is 3. The summed E-state index contributed by atoms with van der Waals surface area (Å²) in [6, 6.07) is 6.95. The average molecular weight is 276 g/mol. The highest BCUT2D eigenvalue weighted by Gasteiger charge is 2.07. The van der Waals surface area contributed by atoms with Gasteiger partial charge in [-0.25, -0.2) is 9.78 Å². The lowest BCUT2D eigenvalue weighted by Gasteiger charge is -2.00. The highest BCUT2D eigenvalue weighted by molar-refractivity contribution is 7.13. The second-order valence-corrected chi connectivity index (χ2v) is 4.46. The molecule has 0 atom stereocenters. The number of nitrogens with zero attached hydrogens (tertiary/aromatic N) is 2. The van der Waals surface area contributed by atoms with Gasteiger partial charge in [-0.1, -0.05) is 12.1 Å². The zero-order valence-electron chi connectivity index (χ0n) is 10.2. The van der Waals surface area contributed by atoms with Crippen LogP contribution < -0.4 is 11.5 Å². The minimum atomic E-state index is -0.369. The van der Waals surface area contributed by atoms with Crippen LogP contribution in [-0.4, -0.2) is 24.0 Å². The topological polar surface area (TPSA) is 104 Å². The van der Waals surface area contributed by atoms with Gasteiger partial charge in [0.2, 0.25) is 5.13 Å². The first-order valence-electron chi connectivity index (χ1n) is 5.34.